The summed E-state index contributed by atoms with van der Waals surface area (Å²) in [7, 11) is 0. The van der Waals surface area contributed by atoms with Crippen LogP contribution in [0.4, 0.5) is 5.69 Å². The number of carbonyl (C=O) groups excluding carboxylic acids is 1. The molecule has 1 aromatic carbocycles. The van der Waals surface area contributed by atoms with E-state index in [0.29, 0.717) is 11.3 Å². The number of aliphatic carboxylic acids is 1. The molecule has 1 aromatic rings. The maximum Gasteiger partial charge on any atom is 0.320 e. The molecule has 0 fully saturated rings. The van der Waals surface area contributed by atoms with Crippen LogP contribution >= 0.6 is 11.8 Å². The van der Waals surface area contributed by atoms with Gasteiger partial charge in [0.05, 0.1) is 0 Å². The molecule has 0 spiro atoms. The number of carbonyl (C=O) groups is 2. The number of carboxylic acids is 1. The van der Waals surface area contributed by atoms with E-state index in [2.05, 4.69) is 0 Å². The SMILES string of the molecule is CSc1ccc(N)c(C(=O)C[C@H](N)C(=O)O)c1. The van der Waals surface area contributed by atoms with Crippen LogP contribution in [0.2, 0.25) is 0 Å². The van der Waals surface area contributed by atoms with Crippen LogP contribution in [0.25, 0.3) is 0 Å². The van der Waals surface area contributed by atoms with Crippen molar-refractivity contribution in [2.45, 2.75) is 17.4 Å². The molecule has 0 aliphatic heterocycles. The standard InChI is InChI=1S/C11H14N2O3S/c1-17-6-2-3-8(12)7(4-6)10(14)5-9(13)11(15)16/h2-4,9H,5,12-13H2,1H3,(H,15,16)/t9-/m0/s1. The molecule has 0 aliphatic carbocycles. The summed E-state index contributed by atoms with van der Waals surface area (Å²) < 4.78 is 0. The summed E-state index contributed by atoms with van der Waals surface area (Å²) in [5, 5.41) is 8.64. The maximum atomic E-state index is 11.8. The van der Waals surface area contributed by atoms with Crippen LogP contribution in [-0.4, -0.2) is 29.2 Å². The van der Waals surface area contributed by atoms with Crippen LogP contribution in [0.5, 0.6) is 0 Å². The van der Waals surface area contributed by atoms with Gasteiger partial charge in [0, 0.05) is 22.6 Å². The Morgan fingerprint density at radius 3 is 2.65 bits per heavy atom. The van der Waals surface area contributed by atoms with Crippen molar-refractivity contribution in [3.63, 3.8) is 0 Å². The summed E-state index contributed by atoms with van der Waals surface area (Å²) in [5.74, 6) is -1.55. The number of benzene rings is 1. The number of nitrogens with two attached hydrogens (primary N) is 2. The molecule has 5 nitrogen and oxygen atoms in total. The number of hydrogen-bond donors (Lipinski definition) is 3. The zero-order valence-electron chi connectivity index (χ0n) is 9.34. The number of anilines is 1. The Balaban J connectivity index is 2.91. The summed E-state index contributed by atoms with van der Waals surface area (Å²) in [6.07, 6.45) is 1.63. The molecule has 0 saturated heterocycles. The highest BCUT2D eigenvalue weighted by Crippen LogP contribution is 2.22. The Labute approximate surface area is 103 Å². The molecule has 0 amide bonds. The summed E-state index contributed by atoms with van der Waals surface area (Å²) in [5.41, 5.74) is 11.7. The Morgan fingerprint density at radius 2 is 2.12 bits per heavy atom. The lowest BCUT2D eigenvalue weighted by molar-refractivity contribution is -0.138. The molecular weight excluding hydrogens is 240 g/mol. The van der Waals surface area contributed by atoms with E-state index in [1.54, 1.807) is 18.2 Å². The molecule has 0 unspecified atom stereocenters. The second-order valence-corrected chi connectivity index (χ2v) is 4.40. The molecule has 1 atom stereocenters. The van der Waals surface area contributed by atoms with Gasteiger partial charge in [-0.3, -0.25) is 9.59 Å². The van der Waals surface area contributed by atoms with Gasteiger partial charge in [-0.15, -0.1) is 11.8 Å². The molecule has 0 heterocycles. The van der Waals surface area contributed by atoms with Crippen LogP contribution < -0.4 is 11.5 Å². The number of carboxylic acid groups (broad SMARTS) is 1. The Morgan fingerprint density at radius 1 is 1.47 bits per heavy atom. The Kier molecular flexibility index (Phi) is 4.53. The number of thioether (sulfide) groups is 1. The highest BCUT2D eigenvalue weighted by molar-refractivity contribution is 7.98. The predicted octanol–water partition coefficient (Wildman–Crippen LogP) is 0.975. The highest BCUT2D eigenvalue weighted by atomic mass is 32.2. The molecule has 0 saturated carbocycles. The van der Waals surface area contributed by atoms with Crippen LogP contribution in [0.1, 0.15) is 16.8 Å². The minimum Gasteiger partial charge on any atom is -0.480 e. The van der Waals surface area contributed by atoms with E-state index in [-0.39, 0.29) is 12.2 Å². The zero-order chi connectivity index (χ0) is 13.0. The van der Waals surface area contributed by atoms with Crippen molar-refractivity contribution in [3.05, 3.63) is 23.8 Å². The fraction of sp³-hybridized carbons (Fsp3) is 0.273. The van der Waals surface area contributed by atoms with Gasteiger partial charge in [0.2, 0.25) is 0 Å². The van der Waals surface area contributed by atoms with Crippen LogP contribution in [0.15, 0.2) is 23.1 Å². The first-order chi connectivity index (χ1) is 7.95. The van der Waals surface area contributed by atoms with E-state index in [9.17, 15) is 9.59 Å². The molecule has 0 aliphatic rings. The van der Waals surface area contributed by atoms with E-state index < -0.39 is 12.0 Å². The van der Waals surface area contributed by atoms with Crippen molar-refractivity contribution >= 4 is 29.2 Å². The zero-order valence-corrected chi connectivity index (χ0v) is 10.2. The molecule has 17 heavy (non-hydrogen) atoms. The summed E-state index contributed by atoms with van der Waals surface area (Å²) in [6, 6.07) is 3.88. The summed E-state index contributed by atoms with van der Waals surface area (Å²) >= 11 is 1.48. The van der Waals surface area contributed by atoms with Crippen molar-refractivity contribution in [1.82, 2.24) is 0 Å². The van der Waals surface area contributed by atoms with Gasteiger partial charge in [-0.1, -0.05) is 0 Å². The fourth-order valence-corrected chi connectivity index (χ4v) is 1.74. The van der Waals surface area contributed by atoms with E-state index in [0.717, 1.165) is 4.90 Å². The van der Waals surface area contributed by atoms with Gasteiger partial charge >= 0.3 is 5.97 Å². The molecule has 6 heteroatoms. The Hall–Kier alpha value is -1.53. The number of nitrogen functional groups attached to an aromatic ring is 1. The van der Waals surface area contributed by atoms with Gasteiger partial charge < -0.3 is 16.6 Å². The smallest absolute Gasteiger partial charge is 0.320 e. The lowest BCUT2D eigenvalue weighted by Crippen LogP contribution is -2.32. The average Bonchev–Trinajstić information content (AvgIpc) is 2.29. The van der Waals surface area contributed by atoms with Crippen molar-refractivity contribution in [2.75, 3.05) is 12.0 Å². The lowest BCUT2D eigenvalue weighted by Gasteiger charge is -2.09. The normalized spacial score (nSPS) is 12.1. The van der Waals surface area contributed by atoms with Crippen LogP contribution in [0.3, 0.4) is 0 Å². The lowest BCUT2D eigenvalue weighted by atomic mass is 10.0. The maximum absolute atomic E-state index is 11.8. The van der Waals surface area contributed by atoms with E-state index in [4.69, 9.17) is 16.6 Å². The number of Topliss-reactive ketones (excluding diaryl/α,β-unsaturated/α-hetero) is 1. The molecule has 1 rings (SSSR count). The first-order valence-electron chi connectivity index (χ1n) is 4.90. The molecule has 0 bridgehead atoms. The quantitative estimate of drug-likeness (QED) is 0.411. The van der Waals surface area contributed by atoms with E-state index in [1.165, 1.54) is 11.8 Å². The number of rotatable bonds is 5. The fourth-order valence-electron chi connectivity index (χ4n) is 1.30. The topological polar surface area (TPSA) is 106 Å². The third-order valence-electron chi connectivity index (χ3n) is 2.28. The molecule has 92 valence electrons. The van der Waals surface area contributed by atoms with Crippen molar-refractivity contribution in [1.29, 1.82) is 0 Å². The van der Waals surface area contributed by atoms with Crippen molar-refractivity contribution < 1.29 is 14.7 Å². The highest BCUT2D eigenvalue weighted by Gasteiger charge is 2.19. The Bertz CT molecular complexity index is 448. The first kappa shape index (κ1) is 13.5. The van der Waals surface area contributed by atoms with Crippen LogP contribution in [0, 0.1) is 0 Å². The number of hydrogen-bond acceptors (Lipinski definition) is 5. The first-order valence-corrected chi connectivity index (χ1v) is 6.13. The summed E-state index contributed by atoms with van der Waals surface area (Å²) in [6.45, 7) is 0. The summed E-state index contributed by atoms with van der Waals surface area (Å²) in [4.78, 5) is 23.3. The minimum absolute atomic E-state index is 0.253. The third-order valence-corrected chi connectivity index (χ3v) is 3.01. The van der Waals surface area contributed by atoms with E-state index >= 15 is 0 Å². The number of ketones is 1. The van der Waals surface area contributed by atoms with Gasteiger partial charge in [-0.25, -0.2) is 0 Å². The van der Waals surface area contributed by atoms with Gasteiger partial charge in [0.15, 0.2) is 5.78 Å². The van der Waals surface area contributed by atoms with Gasteiger partial charge in [0.25, 0.3) is 0 Å². The van der Waals surface area contributed by atoms with Crippen LogP contribution in [-0.2, 0) is 4.79 Å². The predicted molar refractivity (Wildman–Crippen MR) is 67.2 cm³/mol. The minimum atomic E-state index is -1.20. The monoisotopic (exact) mass is 254 g/mol. The molecular formula is C11H14N2O3S. The largest absolute Gasteiger partial charge is 0.480 e. The van der Waals surface area contributed by atoms with E-state index in [1.807, 2.05) is 6.26 Å². The molecule has 0 radical (unpaired) electrons. The second-order valence-electron chi connectivity index (χ2n) is 3.53. The van der Waals surface area contributed by atoms with Gasteiger partial charge in [-0.2, -0.15) is 0 Å². The average molecular weight is 254 g/mol. The van der Waals surface area contributed by atoms with Gasteiger partial charge in [0.1, 0.15) is 6.04 Å². The van der Waals surface area contributed by atoms with Gasteiger partial charge in [-0.05, 0) is 24.5 Å². The van der Waals surface area contributed by atoms with Crippen molar-refractivity contribution in [3.8, 4) is 0 Å². The second kappa shape index (κ2) is 5.70. The molecule has 0 aromatic heterocycles. The van der Waals surface area contributed by atoms with Crippen molar-refractivity contribution in [2.24, 2.45) is 5.73 Å². The molecule has 5 N–H and O–H groups in total. The third kappa shape index (κ3) is 3.47.